The number of thioether (sulfide) groups is 1. The first-order valence-corrected chi connectivity index (χ1v) is 15.0. The number of esters is 1. The van der Waals surface area contributed by atoms with E-state index in [0.29, 0.717) is 19.7 Å². The van der Waals surface area contributed by atoms with Gasteiger partial charge in [-0.15, -0.1) is 18.3 Å². The zero-order valence-electron chi connectivity index (χ0n) is 22.0. The summed E-state index contributed by atoms with van der Waals surface area (Å²) in [6, 6.07) is -0.375. The number of hydrogen-bond donors (Lipinski definition) is 1. The van der Waals surface area contributed by atoms with E-state index < -0.39 is 22.6 Å². The van der Waals surface area contributed by atoms with Gasteiger partial charge in [-0.25, -0.2) is 0 Å². The summed E-state index contributed by atoms with van der Waals surface area (Å²) in [5, 5.41) is 9.16. The Kier molecular flexibility index (Phi) is 9.08. The Balaban J connectivity index is 1.68. The largest absolute Gasteiger partial charge is 0.466 e. The third kappa shape index (κ3) is 4.72. The number of hydrogen-bond acceptors (Lipinski definition) is 6. The molecular formula is C28H44N2O5S. The molecule has 1 saturated carbocycles. The maximum absolute atomic E-state index is 14.5. The van der Waals surface area contributed by atoms with Gasteiger partial charge in [0.25, 0.3) is 0 Å². The van der Waals surface area contributed by atoms with E-state index in [4.69, 9.17) is 9.84 Å². The minimum Gasteiger partial charge on any atom is -0.466 e. The molecule has 1 N–H and O–H groups in total. The molecule has 3 unspecified atom stereocenters. The van der Waals surface area contributed by atoms with Crippen molar-refractivity contribution in [1.82, 2.24) is 9.80 Å². The van der Waals surface area contributed by atoms with Gasteiger partial charge in [-0.3, -0.25) is 14.4 Å². The molecule has 1 aliphatic carbocycles. The van der Waals surface area contributed by atoms with Crippen molar-refractivity contribution in [2.24, 2.45) is 17.8 Å². The second-order valence-corrected chi connectivity index (χ2v) is 12.6. The summed E-state index contributed by atoms with van der Waals surface area (Å²) in [6.45, 7) is 9.37. The molecule has 0 aromatic carbocycles. The van der Waals surface area contributed by atoms with Crippen LogP contribution in [0.3, 0.4) is 0 Å². The fraction of sp³-hybridized carbons (Fsp3) is 0.821. The van der Waals surface area contributed by atoms with Gasteiger partial charge in [0.1, 0.15) is 6.04 Å². The van der Waals surface area contributed by atoms with Crippen molar-refractivity contribution in [3.63, 3.8) is 0 Å². The summed E-state index contributed by atoms with van der Waals surface area (Å²) in [6.07, 6.45) is 11.4. The number of unbranched alkanes of at least 4 members (excludes halogenated alkanes) is 3. The van der Waals surface area contributed by atoms with Gasteiger partial charge in [-0.2, -0.15) is 0 Å². The van der Waals surface area contributed by atoms with E-state index in [1.54, 1.807) is 18.7 Å². The summed E-state index contributed by atoms with van der Waals surface area (Å²) in [7, 11) is 0. The van der Waals surface area contributed by atoms with Crippen molar-refractivity contribution in [3.05, 3.63) is 12.7 Å². The Morgan fingerprint density at radius 1 is 1.22 bits per heavy atom. The molecule has 8 heteroatoms. The molecule has 0 aromatic heterocycles. The third-order valence-corrected chi connectivity index (χ3v) is 11.0. The normalized spacial score (nSPS) is 33.6. The Hall–Kier alpha value is -1.54. The van der Waals surface area contributed by atoms with Gasteiger partial charge in [0, 0.05) is 31.0 Å². The Morgan fingerprint density at radius 3 is 2.61 bits per heavy atom. The number of likely N-dealkylation sites (tertiary alicyclic amines) is 1. The predicted octanol–water partition coefficient (Wildman–Crippen LogP) is 3.79. The molecule has 36 heavy (non-hydrogen) atoms. The highest BCUT2D eigenvalue weighted by molar-refractivity contribution is 8.02. The van der Waals surface area contributed by atoms with Crippen molar-refractivity contribution >= 4 is 29.5 Å². The number of rotatable bonds is 12. The fourth-order valence-corrected chi connectivity index (χ4v) is 9.81. The molecule has 4 fully saturated rings. The Labute approximate surface area is 220 Å². The molecule has 7 nitrogen and oxygen atoms in total. The molecule has 4 aliphatic rings. The van der Waals surface area contributed by atoms with E-state index in [0.717, 1.165) is 57.8 Å². The smallest absolute Gasteiger partial charge is 0.310 e. The lowest BCUT2D eigenvalue weighted by Crippen LogP contribution is -2.59. The van der Waals surface area contributed by atoms with E-state index >= 15 is 0 Å². The zero-order chi connectivity index (χ0) is 25.9. The topological polar surface area (TPSA) is 87.2 Å². The van der Waals surface area contributed by atoms with Crippen molar-refractivity contribution in [2.45, 2.75) is 100 Å². The molecule has 0 radical (unpaired) electrons. The summed E-state index contributed by atoms with van der Waals surface area (Å²) in [5.74, 6) is -1.10. The average Bonchev–Trinajstić information content (AvgIpc) is 3.46. The molecule has 202 valence electrons. The minimum absolute atomic E-state index is 0.0255. The fourth-order valence-electron chi connectivity index (χ4n) is 7.40. The molecule has 3 heterocycles. The number of aliphatic hydroxyl groups is 1. The number of amides is 2. The van der Waals surface area contributed by atoms with Crippen LogP contribution in [0.5, 0.6) is 0 Å². The van der Waals surface area contributed by atoms with E-state index in [1.165, 1.54) is 6.42 Å². The summed E-state index contributed by atoms with van der Waals surface area (Å²) < 4.78 is 4.86. The van der Waals surface area contributed by atoms with Gasteiger partial charge in [-0.1, -0.05) is 45.1 Å². The van der Waals surface area contributed by atoms with Gasteiger partial charge in [0.05, 0.1) is 23.2 Å². The summed E-state index contributed by atoms with van der Waals surface area (Å²) in [4.78, 5) is 45.5. The molecule has 3 aliphatic heterocycles. The van der Waals surface area contributed by atoms with Crippen LogP contribution in [0.2, 0.25) is 0 Å². The molecule has 1 spiro atoms. The Morgan fingerprint density at radius 2 is 1.94 bits per heavy atom. The lowest BCUT2D eigenvalue weighted by atomic mass is 9.66. The molecule has 4 rings (SSSR count). The van der Waals surface area contributed by atoms with Gasteiger partial charge < -0.3 is 19.6 Å². The van der Waals surface area contributed by atoms with Crippen LogP contribution in [0.1, 0.15) is 78.1 Å². The predicted molar refractivity (Wildman–Crippen MR) is 141 cm³/mol. The second-order valence-electron chi connectivity index (χ2n) is 11.0. The van der Waals surface area contributed by atoms with Crippen LogP contribution in [-0.2, 0) is 19.1 Å². The molecular weight excluding hydrogens is 476 g/mol. The van der Waals surface area contributed by atoms with Crippen molar-refractivity contribution in [3.8, 4) is 0 Å². The first-order chi connectivity index (χ1) is 17.4. The monoisotopic (exact) mass is 520 g/mol. The first kappa shape index (κ1) is 27.5. The summed E-state index contributed by atoms with van der Waals surface area (Å²) >= 11 is 1.72. The van der Waals surface area contributed by atoms with Crippen LogP contribution in [0.4, 0.5) is 0 Å². The lowest BCUT2D eigenvalue weighted by molar-refractivity contribution is -0.154. The quantitative estimate of drug-likeness (QED) is 0.239. The average molecular weight is 521 g/mol. The number of carbonyl (C=O) groups excluding carboxylic acids is 3. The molecule has 3 saturated heterocycles. The van der Waals surface area contributed by atoms with Crippen molar-refractivity contribution < 1.29 is 24.2 Å². The maximum Gasteiger partial charge on any atom is 0.310 e. The van der Waals surface area contributed by atoms with Crippen LogP contribution in [0.15, 0.2) is 12.7 Å². The van der Waals surface area contributed by atoms with Gasteiger partial charge >= 0.3 is 5.97 Å². The van der Waals surface area contributed by atoms with Gasteiger partial charge in [-0.05, 0) is 44.9 Å². The molecule has 2 amide bonds. The number of nitrogens with zero attached hydrogens (tertiary/aromatic N) is 2. The SMILES string of the molecule is C=CCN(C(=O)C1N(CCCCCCO)C(=O)[C@@H]2[C@@H](C(=O)OCC)[C@H]3CC(C)C12S3)C1CCCCC1. The second kappa shape index (κ2) is 11.9. The zero-order valence-corrected chi connectivity index (χ0v) is 22.8. The highest BCUT2D eigenvalue weighted by atomic mass is 32.2. The Bertz CT molecular complexity index is 831. The standard InChI is InChI=1S/C28H44N2O5S/c1-4-15-29(20-13-9-8-10-14-20)26(33)24-28-19(3)18-21(36-28)22(27(34)35-5-2)23(28)25(32)30(24)16-11-6-7-12-17-31/h4,19-24,31H,1,5-18H2,2-3H3/t19?,21-,22+,23+,24?,28?/m1/s1. The minimum atomic E-state index is -0.588. The first-order valence-electron chi connectivity index (χ1n) is 14.1. The molecule has 0 aromatic rings. The van der Waals surface area contributed by atoms with Crippen LogP contribution >= 0.6 is 11.8 Å². The van der Waals surface area contributed by atoms with Gasteiger partial charge in [0.2, 0.25) is 11.8 Å². The number of ether oxygens (including phenoxy) is 1. The number of fused-ring (bicyclic) bond motifs is 1. The maximum atomic E-state index is 14.5. The third-order valence-electron chi connectivity index (χ3n) is 8.97. The van der Waals surface area contributed by atoms with Crippen LogP contribution < -0.4 is 0 Å². The molecule has 2 bridgehead atoms. The van der Waals surface area contributed by atoms with Crippen molar-refractivity contribution in [1.29, 1.82) is 0 Å². The number of aliphatic hydroxyl groups excluding tert-OH is 1. The highest BCUT2D eigenvalue weighted by Crippen LogP contribution is 2.68. The lowest BCUT2D eigenvalue weighted by Gasteiger charge is -2.43. The van der Waals surface area contributed by atoms with Gasteiger partial charge in [0.15, 0.2) is 0 Å². The van der Waals surface area contributed by atoms with E-state index in [-0.39, 0.29) is 41.6 Å². The van der Waals surface area contributed by atoms with Crippen molar-refractivity contribution in [2.75, 3.05) is 26.3 Å². The van der Waals surface area contributed by atoms with Crippen LogP contribution in [0.25, 0.3) is 0 Å². The van der Waals surface area contributed by atoms with E-state index in [2.05, 4.69) is 13.5 Å². The summed E-state index contributed by atoms with van der Waals surface area (Å²) in [5.41, 5.74) is 0. The van der Waals surface area contributed by atoms with Crippen LogP contribution in [0, 0.1) is 17.8 Å². The van der Waals surface area contributed by atoms with E-state index in [1.807, 2.05) is 15.9 Å². The van der Waals surface area contributed by atoms with E-state index in [9.17, 15) is 14.4 Å². The highest BCUT2D eigenvalue weighted by Gasteiger charge is 2.76. The number of carbonyl (C=O) groups is 3. The van der Waals surface area contributed by atoms with Crippen LogP contribution in [-0.4, -0.2) is 81.1 Å². The molecule has 6 atom stereocenters.